The Balaban J connectivity index is 1.49. The average molecular weight is 410 g/mol. The summed E-state index contributed by atoms with van der Waals surface area (Å²) in [4.78, 5) is 31.7. The summed E-state index contributed by atoms with van der Waals surface area (Å²) in [5.74, 6) is -0.252. The molecule has 0 saturated carbocycles. The summed E-state index contributed by atoms with van der Waals surface area (Å²) in [5, 5.41) is 0. The van der Waals surface area contributed by atoms with Crippen LogP contribution in [0.4, 0.5) is 4.39 Å². The molecule has 0 spiro atoms. The second-order valence-electron chi connectivity index (χ2n) is 8.31. The molecule has 0 aliphatic carbocycles. The maximum Gasteiger partial charge on any atom is 0.240 e. The monoisotopic (exact) mass is 409 g/mol. The first-order valence-corrected chi connectivity index (χ1v) is 10.6. The van der Waals surface area contributed by atoms with E-state index in [0.29, 0.717) is 19.5 Å². The van der Waals surface area contributed by atoms with Crippen LogP contribution in [0, 0.1) is 5.82 Å². The lowest BCUT2D eigenvalue weighted by Crippen LogP contribution is -2.53. The van der Waals surface area contributed by atoms with Crippen LogP contribution in [0.15, 0.2) is 48.5 Å². The number of carbonyl (C=O) groups excluding carboxylic acids is 2. The Morgan fingerprint density at radius 2 is 1.80 bits per heavy atom. The number of rotatable bonds is 5. The Morgan fingerprint density at radius 1 is 1.07 bits per heavy atom. The topological polar surface area (TPSA) is 43.9 Å². The van der Waals surface area contributed by atoms with Crippen LogP contribution in [0.5, 0.6) is 0 Å². The molecule has 1 atom stereocenters. The molecule has 2 aromatic carbocycles. The number of hydrogen-bond donors (Lipinski definition) is 0. The van der Waals surface area contributed by atoms with Crippen molar-refractivity contribution in [1.82, 2.24) is 14.7 Å². The van der Waals surface area contributed by atoms with Gasteiger partial charge in [0, 0.05) is 33.2 Å². The number of likely N-dealkylation sites (tertiary alicyclic amines) is 1. The van der Waals surface area contributed by atoms with Gasteiger partial charge in [-0.25, -0.2) is 4.39 Å². The smallest absolute Gasteiger partial charge is 0.240 e. The Hall–Kier alpha value is -2.73. The number of hydrogen-bond acceptors (Lipinski definition) is 3. The maximum absolute atomic E-state index is 13.5. The van der Waals surface area contributed by atoms with Gasteiger partial charge in [-0.15, -0.1) is 0 Å². The van der Waals surface area contributed by atoms with Crippen molar-refractivity contribution in [3.63, 3.8) is 0 Å². The first kappa shape index (κ1) is 20.5. The third-order valence-corrected chi connectivity index (χ3v) is 6.12. The Bertz CT molecular complexity index is 926. The predicted octanol–water partition coefficient (Wildman–Crippen LogP) is 2.83. The highest BCUT2D eigenvalue weighted by molar-refractivity contribution is 5.84. The van der Waals surface area contributed by atoms with Crippen molar-refractivity contribution in [3.8, 4) is 0 Å². The van der Waals surface area contributed by atoms with Crippen LogP contribution in [-0.2, 0) is 29.1 Å². The van der Waals surface area contributed by atoms with Gasteiger partial charge in [0.05, 0.1) is 12.6 Å². The summed E-state index contributed by atoms with van der Waals surface area (Å²) >= 11 is 0. The van der Waals surface area contributed by atoms with E-state index in [-0.39, 0.29) is 30.2 Å². The summed E-state index contributed by atoms with van der Waals surface area (Å²) in [6.45, 7) is 2.70. The van der Waals surface area contributed by atoms with Crippen molar-refractivity contribution in [3.05, 3.63) is 71.0 Å². The molecule has 0 aromatic heterocycles. The summed E-state index contributed by atoms with van der Waals surface area (Å²) in [5.41, 5.74) is 3.11. The van der Waals surface area contributed by atoms with Gasteiger partial charge in [-0.1, -0.05) is 36.4 Å². The molecule has 158 valence electrons. The minimum absolute atomic E-state index is 0.0714. The first-order chi connectivity index (χ1) is 14.5. The minimum Gasteiger partial charge on any atom is -0.341 e. The molecule has 0 radical (unpaired) electrons. The molecule has 5 nitrogen and oxygen atoms in total. The fourth-order valence-corrected chi connectivity index (χ4v) is 4.43. The van der Waals surface area contributed by atoms with Crippen LogP contribution in [-0.4, -0.2) is 59.2 Å². The van der Waals surface area contributed by atoms with Gasteiger partial charge >= 0.3 is 0 Å². The van der Waals surface area contributed by atoms with Crippen LogP contribution in [0.3, 0.4) is 0 Å². The first-order valence-electron chi connectivity index (χ1n) is 10.6. The van der Waals surface area contributed by atoms with Crippen LogP contribution < -0.4 is 0 Å². The second-order valence-corrected chi connectivity index (χ2v) is 8.31. The van der Waals surface area contributed by atoms with Crippen LogP contribution in [0.1, 0.15) is 29.5 Å². The zero-order chi connectivity index (χ0) is 21.1. The number of nitrogens with zero attached hydrogens (tertiary/aromatic N) is 3. The molecule has 2 amide bonds. The molecule has 2 aromatic rings. The van der Waals surface area contributed by atoms with E-state index in [1.54, 1.807) is 18.0 Å². The van der Waals surface area contributed by atoms with Gasteiger partial charge in [0.15, 0.2) is 0 Å². The lowest BCUT2D eigenvalue weighted by Gasteiger charge is -2.38. The quantitative estimate of drug-likeness (QED) is 0.763. The van der Waals surface area contributed by atoms with E-state index < -0.39 is 0 Å². The Labute approximate surface area is 177 Å². The van der Waals surface area contributed by atoms with Crippen molar-refractivity contribution in [2.45, 2.75) is 38.4 Å². The third-order valence-electron chi connectivity index (χ3n) is 6.12. The van der Waals surface area contributed by atoms with E-state index in [1.807, 2.05) is 28.0 Å². The largest absolute Gasteiger partial charge is 0.341 e. The van der Waals surface area contributed by atoms with E-state index in [1.165, 1.54) is 23.3 Å². The number of amides is 2. The van der Waals surface area contributed by atoms with E-state index >= 15 is 0 Å². The molecule has 0 bridgehead atoms. The average Bonchev–Trinajstić information content (AvgIpc) is 3.27. The number of fused-ring (bicyclic) bond motifs is 1. The molecular formula is C24H28FN3O2. The maximum atomic E-state index is 13.5. The second kappa shape index (κ2) is 8.96. The molecule has 2 aliphatic rings. The van der Waals surface area contributed by atoms with E-state index in [4.69, 9.17) is 0 Å². The molecule has 6 heteroatoms. The zero-order valence-electron chi connectivity index (χ0n) is 17.4. The summed E-state index contributed by atoms with van der Waals surface area (Å²) < 4.78 is 13.5. The number of carbonyl (C=O) groups is 2. The number of benzene rings is 2. The lowest BCUT2D eigenvalue weighted by molar-refractivity contribution is -0.139. The van der Waals surface area contributed by atoms with Crippen molar-refractivity contribution in [2.75, 3.05) is 26.7 Å². The fourth-order valence-electron chi connectivity index (χ4n) is 4.43. The highest BCUT2D eigenvalue weighted by atomic mass is 19.1. The van der Waals surface area contributed by atoms with Crippen molar-refractivity contribution < 1.29 is 14.0 Å². The molecule has 1 fully saturated rings. The molecular weight excluding hydrogens is 381 g/mol. The summed E-state index contributed by atoms with van der Waals surface area (Å²) in [7, 11) is 1.72. The van der Waals surface area contributed by atoms with Crippen molar-refractivity contribution in [1.29, 1.82) is 0 Å². The summed E-state index contributed by atoms with van der Waals surface area (Å²) in [6.07, 6.45) is 2.72. The molecule has 30 heavy (non-hydrogen) atoms. The Kier molecular flexibility index (Phi) is 6.13. The van der Waals surface area contributed by atoms with E-state index in [0.717, 1.165) is 31.5 Å². The molecule has 0 unspecified atom stereocenters. The van der Waals surface area contributed by atoms with Crippen molar-refractivity contribution >= 4 is 11.8 Å². The highest BCUT2D eigenvalue weighted by Crippen LogP contribution is 2.25. The predicted molar refractivity (Wildman–Crippen MR) is 113 cm³/mol. The highest BCUT2D eigenvalue weighted by Gasteiger charge is 2.36. The Morgan fingerprint density at radius 3 is 2.53 bits per heavy atom. The van der Waals surface area contributed by atoms with Crippen molar-refractivity contribution in [2.24, 2.45) is 0 Å². The number of likely N-dealkylation sites (N-methyl/N-ethyl adjacent to an activating group) is 1. The van der Waals surface area contributed by atoms with Gasteiger partial charge < -0.3 is 9.80 Å². The molecule has 2 aliphatic heterocycles. The van der Waals surface area contributed by atoms with Gasteiger partial charge in [-0.3, -0.25) is 14.5 Å². The SMILES string of the molecule is CN(Cc1cccc(F)c1)C(=O)CN1Cc2ccccc2C[C@@H]1C(=O)N1CCCC1. The van der Waals surface area contributed by atoms with Crippen LogP contribution in [0.25, 0.3) is 0 Å². The van der Waals surface area contributed by atoms with Gasteiger partial charge in [-0.05, 0) is 48.1 Å². The molecule has 1 saturated heterocycles. The van der Waals surface area contributed by atoms with Gasteiger partial charge in [0.1, 0.15) is 5.82 Å². The normalized spacial score (nSPS) is 18.9. The van der Waals surface area contributed by atoms with Gasteiger partial charge in [0.25, 0.3) is 0 Å². The standard InChI is InChI=1S/C24H28FN3O2/c1-26(15-18-7-6-10-21(25)13-18)23(29)17-28-16-20-9-3-2-8-19(20)14-22(28)24(30)27-11-4-5-12-27/h2-3,6-10,13,22H,4-5,11-12,14-17H2,1H3/t22-/m1/s1. The zero-order valence-corrected chi connectivity index (χ0v) is 17.4. The molecule has 2 heterocycles. The van der Waals surface area contributed by atoms with Crippen LogP contribution >= 0.6 is 0 Å². The van der Waals surface area contributed by atoms with Gasteiger partial charge in [0.2, 0.25) is 11.8 Å². The minimum atomic E-state index is -0.315. The third kappa shape index (κ3) is 4.54. The molecule has 0 N–H and O–H groups in total. The van der Waals surface area contributed by atoms with E-state index in [2.05, 4.69) is 12.1 Å². The van der Waals surface area contributed by atoms with Gasteiger partial charge in [-0.2, -0.15) is 0 Å². The van der Waals surface area contributed by atoms with Crippen LogP contribution in [0.2, 0.25) is 0 Å². The fraction of sp³-hybridized carbons (Fsp3) is 0.417. The molecule has 4 rings (SSSR count). The number of halogens is 1. The lowest BCUT2D eigenvalue weighted by atomic mass is 9.93. The summed E-state index contributed by atoms with van der Waals surface area (Å²) in [6, 6.07) is 14.1. The van der Waals surface area contributed by atoms with E-state index in [9.17, 15) is 14.0 Å².